The summed E-state index contributed by atoms with van der Waals surface area (Å²) in [5.41, 5.74) is 6.83. The number of hydrogen-bond donors (Lipinski definition) is 2. The first-order valence-corrected chi connectivity index (χ1v) is 9.14. The summed E-state index contributed by atoms with van der Waals surface area (Å²) in [4.78, 5) is 8.67. The lowest BCUT2D eigenvalue weighted by Gasteiger charge is -2.24. The topological polar surface area (TPSA) is 104 Å². The summed E-state index contributed by atoms with van der Waals surface area (Å²) in [7, 11) is 0. The maximum atomic E-state index is 5.89. The van der Waals surface area contributed by atoms with Crippen molar-refractivity contribution in [2.75, 3.05) is 24.3 Å². The van der Waals surface area contributed by atoms with Crippen molar-refractivity contribution < 1.29 is 4.74 Å². The van der Waals surface area contributed by atoms with Gasteiger partial charge in [0.25, 0.3) is 0 Å². The molecule has 1 aliphatic heterocycles. The maximum absolute atomic E-state index is 5.89. The highest BCUT2D eigenvalue weighted by Crippen LogP contribution is 2.29. The molecule has 3 N–H and O–H groups in total. The van der Waals surface area contributed by atoms with E-state index in [4.69, 9.17) is 10.5 Å². The van der Waals surface area contributed by atoms with Crippen molar-refractivity contribution in [3.63, 3.8) is 0 Å². The molecule has 4 rings (SSSR count). The lowest BCUT2D eigenvalue weighted by molar-refractivity contribution is 0.193. The van der Waals surface area contributed by atoms with Gasteiger partial charge in [0.2, 0.25) is 5.95 Å². The van der Waals surface area contributed by atoms with Crippen molar-refractivity contribution in [2.24, 2.45) is 0 Å². The SMILES string of the molecule is Nc1nc(NCc2nncn2C2CCCCC2)cc([C@H]2CCOC2)n1. The van der Waals surface area contributed by atoms with Gasteiger partial charge in [-0.15, -0.1) is 10.2 Å². The van der Waals surface area contributed by atoms with E-state index in [-0.39, 0.29) is 0 Å². The van der Waals surface area contributed by atoms with E-state index >= 15 is 0 Å². The van der Waals surface area contributed by atoms with Crippen LogP contribution in [0.15, 0.2) is 12.4 Å². The van der Waals surface area contributed by atoms with E-state index in [0.29, 0.717) is 31.1 Å². The van der Waals surface area contributed by atoms with Crippen LogP contribution in [0, 0.1) is 0 Å². The van der Waals surface area contributed by atoms with Gasteiger partial charge >= 0.3 is 0 Å². The van der Waals surface area contributed by atoms with Crippen LogP contribution < -0.4 is 11.1 Å². The van der Waals surface area contributed by atoms with E-state index < -0.39 is 0 Å². The predicted molar refractivity (Wildman–Crippen MR) is 94.1 cm³/mol. The number of nitrogens with zero attached hydrogens (tertiary/aromatic N) is 5. The molecule has 2 aliphatic rings. The van der Waals surface area contributed by atoms with Crippen LogP contribution in [-0.4, -0.2) is 37.9 Å². The fourth-order valence-electron chi connectivity index (χ4n) is 3.78. The van der Waals surface area contributed by atoms with Crippen molar-refractivity contribution >= 4 is 11.8 Å². The van der Waals surface area contributed by atoms with E-state index in [1.807, 2.05) is 12.4 Å². The minimum absolute atomic E-state index is 0.292. The Balaban J connectivity index is 1.45. The number of anilines is 2. The average Bonchev–Trinajstić information content (AvgIpc) is 3.32. The molecule has 1 saturated heterocycles. The zero-order valence-electron chi connectivity index (χ0n) is 14.4. The molecule has 0 aromatic carbocycles. The summed E-state index contributed by atoms with van der Waals surface area (Å²) in [5.74, 6) is 2.26. The first kappa shape index (κ1) is 16.3. The minimum atomic E-state index is 0.292. The molecule has 8 nitrogen and oxygen atoms in total. The summed E-state index contributed by atoms with van der Waals surface area (Å²) < 4.78 is 7.66. The van der Waals surface area contributed by atoms with Crippen LogP contribution in [0.25, 0.3) is 0 Å². The van der Waals surface area contributed by atoms with Gasteiger partial charge in [-0.2, -0.15) is 4.98 Å². The van der Waals surface area contributed by atoms with Crippen LogP contribution in [-0.2, 0) is 11.3 Å². The molecular formula is C17H25N7O. The Kier molecular flexibility index (Phi) is 4.78. The second-order valence-corrected chi connectivity index (χ2v) is 6.90. The number of nitrogens with two attached hydrogens (primary N) is 1. The van der Waals surface area contributed by atoms with E-state index in [2.05, 4.69) is 30.0 Å². The fourth-order valence-corrected chi connectivity index (χ4v) is 3.78. The smallest absolute Gasteiger partial charge is 0.222 e. The first-order chi connectivity index (χ1) is 12.3. The summed E-state index contributed by atoms with van der Waals surface area (Å²) in [6, 6.07) is 2.49. The summed E-state index contributed by atoms with van der Waals surface area (Å²) in [6.45, 7) is 2.06. The van der Waals surface area contributed by atoms with Crippen molar-refractivity contribution in [3.8, 4) is 0 Å². The van der Waals surface area contributed by atoms with Crippen molar-refractivity contribution in [1.82, 2.24) is 24.7 Å². The van der Waals surface area contributed by atoms with Crippen molar-refractivity contribution in [1.29, 1.82) is 0 Å². The standard InChI is InChI=1S/C17H25N7O/c18-17-21-14(12-6-7-25-10-12)8-15(22-17)19-9-16-23-20-11-24(16)13-4-2-1-3-5-13/h8,11-13H,1-7,9-10H2,(H3,18,19,21,22)/t12-/m0/s1. The number of ether oxygens (including phenoxy) is 1. The molecule has 1 atom stereocenters. The molecule has 134 valence electrons. The van der Waals surface area contributed by atoms with Gasteiger partial charge in [-0.25, -0.2) is 4.98 Å². The molecule has 0 spiro atoms. The van der Waals surface area contributed by atoms with Crippen LogP contribution >= 0.6 is 0 Å². The predicted octanol–water partition coefficient (Wildman–Crippen LogP) is 2.27. The van der Waals surface area contributed by atoms with E-state index in [1.165, 1.54) is 32.1 Å². The number of aromatic nitrogens is 5. The van der Waals surface area contributed by atoms with Crippen LogP contribution in [0.4, 0.5) is 11.8 Å². The van der Waals surface area contributed by atoms with Crippen LogP contribution in [0.1, 0.15) is 62.0 Å². The maximum Gasteiger partial charge on any atom is 0.222 e. The molecule has 3 heterocycles. The zero-order valence-corrected chi connectivity index (χ0v) is 14.4. The van der Waals surface area contributed by atoms with Gasteiger partial charge in [0, 0.05) is 24.6 Å². The Morgan fingerprint density at radius 1 is 1.20 bits per heavy atom. The molecule has 1 aliphatic carbocycles. The van der Waals surface area contributed by atoms with Crippen LogP contribution in [0.5, 0.6) is 0 Å². The molecule has 0 amide bonds. The zero-order chi connectivity index (χ0) is 17.1. The minimum Gasteiger partial charge on any atom is -0.381 e. The third-order valence-corrected chi connectivity index (χ3v) is 5.15. The van der Waals surface area contributed by atoms with Crippen molar-refractivity contribution in [2.45, 2.75) is 57.0 Å². The van der Waals surface area contributed by atoms with Gasteiger partial charge in [0.1, 0.15) is 12.1 Å². The van der Waals surface area contributed by atoms with Gasteiger partial charge in [-0.05, 0) is 19.3 Å². The molecule has 2 aromatic heterocycles. The van der Waals surface area contributed by atoms with Gasteiger partial charge in [0.15, 0.2) is 5.82 Å². The van der Waals surface area contributed by atoms with Gasteiger partial charge in [-0.1, -0.05) is 19.3 Å². The van der Waals surface area contributed by atoms with Gasteiger partial charge < -0.3 is 20.4 Å². The highest BCUT2D eigenvalue weighted by atomic mass is 16.5. The van der Waals surface area contributed by atoms with E-state index in [0.717, 1.165) is 30.4 Å². The Hall–Kier alpha value is -2.22. The largest absolute Gasteiger partial charge is 0.381 e. The van der Waals surface area contributed by atoms with E-state index in [9.17, 15) is 0 Å². The van der Waals surface area contributed by atoms with Crippen LogP contribution in [0.2, 0.25) is 0 Å². The van der Waals surface area contributed by atoms with Crippen molar-refractivity contribution in [3.05, 3.63) is 23.9 Å². The Labute approximate surface area is 147 Å². The Morgan fingerprint density at radius 2 is 2.08 bits per heavy atom. The monoisotopic (exact) mass is 343 g/mol. The molecule has 2 aromatic rings. The summed E-state index contributed by atoms with van der Waals surface area (Å²) in [6.07, 6.45) is 9.14. The first-order valence-electron chi connectivity index (χ1n) is 9.14. The second kappa shape index (κ2) is 7.35. The second-order valence-electron chi connectivity index (χ2n) is 6.90. The lowest BCUT2D eigenvalue weighted by atomic mass is 9.95. The third kappa shape index (κ3) is 3.73. The molecule has 0 unspecified atom stereocenters. The Morgan fingerprint density at radius 3 is 2.88 bits per heavy atom. The summed E-state index contributed by atoms with van der Waals surface area (Å²) in [5, 5.41) is 11.7. The third-order valence-electron chi connectivity index (χ3n) is 5.15. The highest BCUT2D eigenvalue weighted by molar-refractivity contribution is 5.41. The number of nitrogens with one attached hydrogen (secondary N) is 1. The number of rotatable bonds is 5. The van der Waals surface area contributed by atoms with Gasteiger partial charge in [0.05, 0.1) is 18.8 Å². The quantitative estimate of drug-likeness (QED) is 0.858. The molecule has 8 heteroatoms. The molecule has 0 radical (unpaired) electrons. The lowest BCUT2D eigenvalue weighted by Crippen LogP contribution is -2.17. The fraction of sp³-hybridized carbons (Fsp3) is 0.647. The number of hydrogen-bond acceptors (Lipinski definition) is 7. The molecule has 1 saturated carbocycles. The van der Waals surface area contributed by atoms with Crippen LogP contribution in [0.3, 0.4) is 0 Å². The van der Waals surface area contributed by atoms with Gasteiger partial charge in [-0.3, -0.25) is 0 Å². The molecule has 2 fully saturated rings. The normalized spacial score (nSPS) is 21.5. The number of nitrogen functional groups attached to an aromatic ring is 1. The summed E-state index contributed by atoms with van der Waals surface area (Å²) >= 11 is 0. The molecular weight excluding hydrogens is 318 g/mol. The average molecular weight is 343 g/mol. The molecule has 25 heavy (non-hydrogen) atoms. The Bertz CT molecular complexity index is 705. The molecule has 0 bridgehead atoms. The van der Waals surface area contributed by atoms with E-state index in [1.54, 1.807) is 0 Å². The highest BCUT2D eigenvalue weighted by Gasteiger charge is 2.21.